The zero-order valence-corrected chi connectivity index (χ0v) is 12.2. The molecule has 0 spiro atoms. The molecule has 0 atom stereocenters. The monoisotopic (exact) mass is 290 g/mol. The van der Waals surface area contributed by atoms with Gasteiger partial charge < -0.3 is 16.0 Å². The molecule has 0 bridgehead atoms. The molecule has 0 amide bonds. The topological polar surface area (TPSA) is 80.0 Å². The number of anilines is 3. The van der Waals surface area contributed by atoms with Gasteiger partial charge in [0.25, 0.3) is 0 Å². The third-order valence-electron chi connectivity index (χ3n) is 3.08. The van der Waals surface area contributed by atoms with Gasteiger partial charge in [-0.05, 0) is 19.9 Å². The van der Waals surface area contributed by atoms with Crippen LogP contribution in [-0.4, -0.2) is 28.0 Å². The van der Waals surface area contributed by atoms with Crippen molar-refractivity contribution in [2.24, 2.45) is 0 Å². The fraction of sp³-hybridized carbons (Fsp3) is 0.357. The number of hydrogen-bond donors (Lipinski definition) is 2. The van der Waals surface area contributed by atoms with Crippen LogP contribution in [0.3, 0.4) is 0 Å². The minimum atomic E-state index is -0.268. The second kappa shape index (κ2) is 6.83. The Kier molecular flexibility index (Phi) is 4.86. The highest BCUT2D eigenvalue weighted by atomic mass is 19.1. The molecule has 1 aromatic carbocycles. The SMILES string of the molecule is CCN(CC)c1nc(N)nc(NCc2ccccc2F)n1. The Balaban J connectivity index is 2.15. The van der Waals surface area contributed by atoms with Crippen LogP contribution in [0.15, 0.2) is 24.3 Å². The van der Waals surface area contributed by atoms with Crippen molar-refractivity contribution < 1.29 is 4.39 Å². The van der Waals surface area contributed by atoms with Crippen LogP contribution in [0.1, 0.15) is 19.4 Å². The van der Waals surface area contributed by atoms with Crippen molar-refractivity contribution in [3.8, 4) is 0 Å². The van der Waals surface area contributed by atoms with E-state index >= 15 is 0 Å². The Bertz CT molecular complexity index is 600. The van der Waals surface area contributed by atoms with Crippen LogP contribution in [0.25, 0.3) is 0 Å². The van der Waals surface area contributed by atoms with E-state index in [1.165, 1.54) is 6.07 Å². The van der Waals surface area contributed by atoms with Crippen molar-refractivity contribution in [1.29, 1.82) is 0 Å². The molecule has 0 fully saturated rings. The quantitative estimate of drug-likeness (QED) is 0.847. The highest BCUT2D eigenvalue weighted by Crippen LogP contribution is 2.13. The number of nitrogens with one attached hydrogen (secondary N) is 1. The first-order valence-electron chi connectivity index (χ1n) is 6.87. The van der Waals surface area contributed by atoms with Crippen LogP contribution >= 0.6 is 0 Å². The van der Waals surface area contributed by atoms with Crippen LogP contribution in [0.5, 0.6) is 0 Å². The van der Waals surface area contributed by atoms with Gasteiger partial charge in [0, 0.05) is 25.2 Å². The first-order chi connectivity index (χ1) is 10.1. The van der Waals surface area contributed by atoms with Gasteiger partial charge in [-0.2, -0.15) is 15.0 Å². The fourth-order valence-electron chi connectivity index (χ4n) is 1.92. The van der Waals surface area contributed by atoms with E-state index in [0.717, 1.165) is 13.1 Å². The van der Waals surface area contributed by atoms with Gasteiger partial charge in [0.1, 0.15) is 5.82 Å². The Hall–Kier alpha value is -2.44. The number of nitrogens with two attached hydrogens (primary N) is 1. The first kappa shape index (κ1) is 15.0. The maximum Gasteiger partial charge on any atom is 0.231 e. The van der Waals surface area contributed by atoms with Crippen LogP contribution in [-0.2, 0) is 6.54 Å². The molecule has 0 aliphatic carbocycles. The van der Waals surface area contributed by atoms with Crippen molar-refractivity contribution in [1.82, 2.24) is 15.0 Å². The number of rotatable bonds is 6. The summed E-state index contributed by atoms with van der Waals surface area (Å²) in [5, 5.41) is 2.98. The first-order valence-corrected chi connectivity index (χ1v) is 6.87. The van der Waals surface area contributed by atoms with Gasteiger partial charge in [-0.3, -0.25) is 0 Å². The van der Waals surface area contributed by atoms with Crippen molar-refractivity contribution >= 4 is 17.8 Å². The summed E-state index contributed by atoms with van der Waals surface area (Å²) in [5.41, 5.74) is 6.24. The lowest BCUT2D eigenvalue weighted by molar-refractivity contribution is 0.612. The Labute approximate surface area is 123 Å². The van der Waals surface area contributed by atoms with Crippen LogP contribution in [0, 0.1) is 5.82 Å². The average molecular weight is 290 g/mol. The number of aromatic nitrogens is 3. The zero-order valence-electron chi connectivity index (χ0n) is 12.2. The van der Waals surface area contributed by atoms with Gasteiger partial charge in [0.2, 0.25) is 17.8 Å². The lowest BCUT2D eigenvalue weighted by Crippen LogP contribution is -2.25. The van der Waals surface area contributed by atoms with Crippen LogP contribution in [0.4, 0.5) is 22.2 Å². The van der Waals surface area contributed by atoms with Crippen molar-refractivity contribution in [2.75, 3.05) is 29.0 Å². The molecule has 2 aromatic rings. The van der Waals surface area contributed by atoms with Crippen LogP contribution < -0.4 is 16.0 Å². The lowest BCUT2D eigenvalue weighted by atomic mass is 10.2. The van der Waals surface area contributed by atoms with E-state index in [2.05, 4.69) is 20.3 Å². The molecule has 21 heavy (non-hydrogen) atoms. The third-order valence-corrected chi connectivity index (χ3v) is 3.08. The van der Waals surface area contributed by atoms with E-state index in [1.54, 1.807) is 18.2 Å². The van der Waals surface area contributed by atoms with Gasteiger partial charge in [-0.1, -0.05) is 18.2 Å². The number of hydrogen-bond acceptors (Lipinski definition) is 6. The molecule has 112 valence electrons. The van der Waals surface area contributed by atoms with E-state index in [1.807, 2.05) is 18.7 Å². The lowest BCUT2D eigenvalue weighted by Gasteiger charge is -2.19. The van der Waals surface area contributed by atoms with Gasteiger partial charge in [0.15, 0.2) is 0 Å². The standard InChI is InChI=1S/C14H19FN6/c1-3-21(4-2)14-19-12(16)18-13(20-14)17-9-10-7-5-6-8-11(10)15/h5-8H,3-4,9H2,1-2H3,(H3,16,17,18,19,20). The van der Waals surface area contributed by atoms with Gasteiger partial charge >= 0.3 is 0 Å². The zero-order chi connectivity index (χ0) is 15.2. The molecule has 0 aliphatic heterocycles. The van der Waals surface area contributed by atoms with E-state index < -0.39 is 0 Å². The molecule has 1 aromatic heterocycles. The van der Waals surface area contributed by atoms with Crippen LogP contribution in [0.2, 0.25) is 0 Å². The number of nitrogen functional groups attached to an aromatic ring is 1. The maximum atomic E-state index is 13.6. The summed E-state index contributed by atoms with van der Waals surface area (Å²) in [7, 11) is 0. The molecule has 0 aliphatic rings. The molecule has 0 saturated heterocycles. The molecule has 7 heteroatoms. The summed E-state index contributed by atoms with van der Waals surface area (Å²) in [6, 6.07) is 6.56. The number of halogens is 1. The summed E-state index contributed by atoms with van der Waals surface area (Å²) >= 11 is 0. The molecule has 2 rings (SSSR count). The summed E-state index contributed by atoms with van der Waals surface area (Å²) in [6.45, 7) is 5.85. The van der Waals surface area contributed by atoms with Gasteiger partial charge in [0.05, 0.1) is 0 Å². The molecular formula is C14H19FN6. The van der Waals surface area contributed by atoms with E-state index in [4.69, 9.17) is 5.73 Å². The molecule has 0 saturated carbocycles. The second-order valence-electron chi connectivity index (χ2n) is 4.43. The van der Waals surface area contributed by atoms with Gasteiger partial charge in [-0.25, -0.2) is 4.39 Å². The summed E-state index contributed by atoms with van der Waals surface area (Å²) in [5.74, 6) is 0.732. The predicted octanol–water partition coefficient (Wildman–Crippen LogP) is 2.05. The summed E-state index contributed by atoms with van der Waals surface area (Å²) < 4.78 is 13.6. The second-order valence-corrected chi connectivity index (χ2v) is 4.43. The summed E-state index contributed by atoms with van der Waals surface area (Å²) in [6.07, 6.45) is 0. The Morgan fingerprint density at radius 1 is 1.14 bits per heavy atom. The third kappa shape index (κ3) is 3.77. The fourth-order valence-corrected chi connectivity index (χ4v) is 1.92. The molecule has 0 unspecified atom stereocenters. The average Bonchev–Trinajstić information content (AvgIpc) is 2.47. The summed E-state index contributed by atoms with van der Waals surface area (Å²) in [4.78, 5) is 14.4. The van der Waals surface area contributed by atoms with E-state index in [9.17, 15) is 4.39 Å². The Morgan fingerprint density at radius 2 is 1.86 bits per heavy atom. The van der Waals surface area contributed by atoms with Crippen molar-refractivity contribution in [3.05, 3.63) is 35.6 Å². The smallest absolute Gasteiger partial charge is 0.231 e. The molecule has 6 nitrogen and oxygen atoms in total. The normalized spacial score (nSPS) is 10.4. The highest BCUT2D eigenvalue weighted by Gasteiger charge is 2.10. The van der Waals surface area contributed by atoms with Gasteiger partial charge in [-0.15, -0.1) is 0 Å². The molecular weight excluding hydrogens is 271 g/mol. The molecule has 3 N–H and O–H groups in total. The van der Waals surface area contributed by atoms with Crippen molar-refractivity contribution in [3.63, 3.8) is 0 Å². The minimum Gasteiger partial charge on any atom is -0.368 e. The molecule has 1 heterocycles. The van der Waals surface area contributed by atoms with Crippen molar-refractivity contribution in [2.45, 2.75) is 20.4 Å². The minimum absolute atomic E-state index is 0.142. The van der Waals surface area contributed by atoms with E-state index in [0.29, 0.717) is 17.5 Å². The Morgan fingerprint density at radius 3 is 2.52 bits per heavy atom. The number of benzene rings is 1. The largest absolute Gasteiger partial charge is 0.368 e. The number of nitrogens with zero attached hydrogens (tertiary/aromatic N) is 4. The predicted molar refractivity (Wildman–Crippen MR) is 81.5 cm³/mol. The molecule has 0 radical (unpaired) electrons. The highest BCUT2D eigenvalue weighted by molar-refractivity contribution is 5.42. The maximum absolute atomic E-state index is 13.6. The van der Waals surface area contributed by atoms with E-state index in [-0.39, 0.29) is 18.3 Å².